The van der Waals surface area contributed by atoms with Crippen molar-refractivity contribution in [1.29, 1.82) is 0 Å². The minimum absolute atomic E-state index is 0.0871. The van der Waals surface area contributed by atoms with Crippen LogP contribution >= 0.6 is 12.6 Å². The Labute approximate surface area is 121 Å². The summed E-state index contributed by atoms with van der Waals surface area (Å²) in [5.74, 6) is 0.0871. The van der Waals surface area contributed by atoms with Gasteiger partial charge < -0.3 is 5.11 Å². The van der Waals surface area contributed by atoms with Crippen LogP contribution in [0.5, 0.6) is 5.75 Å². The van der Waals surface area contributed by atoms with Crippen molar-refractivity contribution in [2.24, 2.45) is 0 Å². The van der Waals surface area contributed by atoms with Gasteiger partial charge in [-0.2, -0.15) is 0 Å². The molecule has 1 N–H and O–H groups in total. The van der Waals surface area contributed by atoms with Crippen molar-refractivity contribution in [3.8, 4) is 28.5 Å². The van der Waals surface area contributed by atoms with Crippen LogP contribution < -0.4 is 0 Å². The van der Waals surface area contributed by atoms with Crippen LogP contribution in [0, 0.1) is 0 Å². The van der Waals surface area contributed by atoms with Crippen molar-refractivity contribution in [1.82, 2.24) is 15.0 Å². The van der Waals surface area contributed by atoms with Crippen LogP contribution in [0.4, 0.5) is 0 Å². The summed E-state index contributed by atoms with van der Waals surface area (Å²) < 4.78 is 0. The summed E-state index contributed by atoms with van der Waals surface area (Å²) in [6.07, 6.45) is 3.32. The van der Waals surface area contributed by atoms with Crippen molar-refractivity contribution < 1.29 is 5.11 Å². The minimum Gasteiger partial charge on any atom is -0.506 e. The van der Waals surface area contributed by atoms with Crippen molar-refractivity contribution in [2.75, 3.05) is 0 Å². The average molecular weight is 281 g/mol. The summed E-state index contributed by atoms with van der Waals surface area (Å²) >= 11 is 4.19. The summed E-state index contributed by atoms with van der Waals surface area (Å²) in [7, 11) is 0. The predicted molar refractivity (Wildman–Crippen MR) is 79.6 cm³/mol. The highest BCUT2D eigenvalue weighted by Gasteiger charge is 2.10. The Morgan fingerprint density at radius 2 is 1.70 bits per heavy atom. The molecule has 0 aliphatic rings. The van der Waals surface area contributed by atoms with Crippen LogP contribution in [0.15, 0.2) is 59.8 Å². The first-order valence-electron chi connectivity index (χ1n) is 6.01. The zero-order chi connectivity index (χ0) is 13.9. The topological polar surface area (TPSA) is 58.9 Å². The largest absolute Gasteiger partial charge is 0.506 e. The molecule has 0 fully saturated rings. The summed E-state index contributed by atoms with van der Waals surface area (Å²) in [4.78, 5) is 13.7. The number of hydrogen-bond acceptors (Lipinski definition) is 5. The molecule has 0 aromatic carbocycles. The molecule has 0 bridgehead atoms. The highest BCUT2D eigenvalue weighted by atomic mass is 32.1. The molecular weight excluding hydrogens is 270 g/mol. The van der Waals surface area contributed by atoms with Gasteiger partial charge in [-0.15, -0.1) is 12.6 Å². The normalized spacial score (nSPS) is 10.4. The molecule has 0 aliphatic heterocycles. The van der Waals surface area contributed by atoms with E-state index >= 15 is 0 Å². The first kappa shape index (κ1) is 12.6. The smallest absolute Gasteiger partial charge is 0.143 e. The molecule has 3 aromatic rings. The molecule has 0 atom stereocenters. The van der Waals surface area contributed by atoms with Gasteiger partial charge in [0, 0.05) is 17.3 Å². The summed E-state index contributed by atoms with van der Waals surface area (Å²) in [6, 6.07) is 12.5. The maximum absolute atomic E-state index is 9.96. The molecule has 0 radical (unpaired) electrons. The van der Waals surface area contributed by atoms with Gasteiger partial charge in [0.15, 0.2) is 0 Å². The van der Waals surface area contributed by atoms with Crippen LogP contribution in [-0.4, -0.2) is 20.1 Å². The van der Waals surface area contributed by atoms with Gasteiger partial charge in [-0.25, -0.2) is 4.98 Å². The van der Waals surface area contributed by atoms with Crippen molar-refractivity contribution >= 4 is 12.6 Å². The van der Waals surface area contributed by atoms with Gasteiger partial charge in [0.25, 0.3) is 0 Å². The Bertz CT molecular complexity index is 730. The molecule has 4 nitrogen and oxygen atoms in total. The number of rotatable bonds is 2. The lowest BCUT2D eigenvalue weighted by molar-refractivity contribution is 0.475. The van der Waals surface area contributed by atoms with Gasteiger partial charge >= 0.3 is 0 Å². The van der Waals surface area contributed by atoms with Crippen molar-refractivity contribution in [2.45, 2.75) is 4.90 Å². The lowest BCUT2D eigenvalue weighted by Crippen LogP contribution is -1.92. The van der Waals surface area contributed by atoms with E-state index in [1.165, 1.54) is 0 Å². The molecular formula is C15H11N3OS. The Morgan fingerprint density at radius 1 is 0.850 bits per heavy atom. The zero-order valence-electron chi connectivity index (χ0n) is 10.4. The van der Waals surface area contributed by atoms with Crippen LogP contribution in [0.2, 0.25) is 0 Å². The van der Waals surface area contributed by atoms with E-state index in [0.717, 1.165) is 10.6 Å². The molecule has 20 heavy (non-hydrogen) atoms. The van der Waals surface area contributed by atoms with E-state index in [-0.39, 0.29) is 5.75 Å². The Hall–Kier alpha value is -2.40. The molecule has 98 valence electrons. The molecule has 3 aromatic heterocycles. The number of aromatic hydroxyl groups is 1. The molecule has 3 heterocycles. The second-order valence-corrected chi connectivity index (χ2v) is 4.70. The van der Waals surface area contributed by atoms with Gasteiger partial charge in [-0.1, -0.05) is 6.07 Å². The molecule has 5 heteroatoms. The quantitative estimate of drug-likeness (QED) is 0.708. The van der Waals surface area contributed by atoms with E-state index in [1.807, 2.05) is 18.2 Å². The van der Waals surface area contributed by atoms with E-state index in [1.54, 1.807) is 36.7 Å². The van der Waals surface area contributed by atoms with Crippen LogP contribution in [-0.2, 0) is 0 Å². The minimum atomic E-state index is 0.0871. The third kappa shape index (κ3) is 2.48. The highest BCUT2D eigenvalue weighted by Crippen LogP contribution is 2.28. The average Bonchev–Trinajstić information content (AvgIpc) is 2.50. The number of nitrogens with zero attached hydrogens (tertiary/aromatic N) is 3. The van der Waals surface area contributed by atoms with Gasteiger partial charge in [0.05, 0.1) is 17.1 Å². The predicted octanol–water partition coefficient (Wildman–Crippen LogP) is 3.20. The fraction of sp³-hybridized carbons (Fsp3) is 0. The fourth-order valence-electron chi connectivity index (χ4n) is 1.82. The third-order valence-corrected chi connectivity index (χ3v) is 3.06. The van der Waals surface area contributed by atoms with Crippen LogP contribution in [0.3, 0.4) is 0 Å². The second kappa shape index (κ2) is 5.30. The second-order valence-electron chi connectivity index (χ2n) is 4.18. The number of aromatic nitrogens is 3. The number of thiol groups is 1. The van der Waals surface area contributed by atoms with Crippen LogP contribution in [0.25, 0.3) is 22.8 Å². The third-order valence-electron chi connectivity index (χ3n) is 2.79. The molecule has 3 rings (SSSR count). The molecule has 0 spiro atoms. The van der Waals surface area contributed by atoms with E-state index < -0.39 is 0 Å². The first-order valence-corrected chi connectivity index (χ1v) is 6.45. The zero-order valence-corrected chi connectivity index (χ0v) is 11.3. The van der Waals surface area contributed by atoms with E-state index in [0.29, 0.717) is 17.1 Å². The molecule has 0 saturated carbocycles. The lowest BCUT2D eigenvalue weighted by Gasteiger charge is -2.06. The molecule has 0 aliphatic carbocycles. The van der Waals surface area contributed by atoms with Crippen molar-refractivity contribution in [3.05, 3.63) is 54.9 Å². The van der Waals surface area contributed by atoms with E-state index in [9.17, 15) is 5.11 Å². The maximum atomic E-state index is 9.96. The number of hydrogen-bond donors (Lipinski definition) is 2. The Kier molecular flexibility index (Phi) is 3.35. The number of pyridine rings is 3. The Balaban J connectivity index is 2.10. The first-order chi connectivity index (χ1) is 9.74. The maximum Gasteiger partial charge on any atom is 0.143 e. The molecule has 0 saturated heterocycles. The van der Waals surface area contributed by atoms with Crippen molar-refractivity contribution in [3.63, 3.8) is 0 Å². The summed E-state index contributed by atoms with van der Waals surface area (Å²) in [5.41, 5.74) is 2.47. The fourth-order valence-corrected chi connectivity index (χ4v) is 1.96. The standard InChI is InChI=1S/C15H11N3OS/c19-14-7-6-12(11-3-1-2-8-16-11)18-15(14)13-5-4-10(20)9-17-13/h1-9,19-20H. The van der Waals surface area contributed by atoms with E-state index in [4.69, 9.17) is 0 Å². The summed E-state index contributed by atoms with van der Waals surface area (Å²) in [5, 5.41) is 9.96. The highest BCUT2D eigenvalue weighted by molar-refractivity contribution is 7.80. The lowest BCUT2D eigenvalue weighted by atomic mass is 10.2. The van der Waals surface area contributed by atoms with Gasteiger partial charge in [-0.3, -0.25) is 9.97 Å². The van der Waals surface area contributed by atoms with Gasteiger partial charge in [-0.05, 0) is 36.4 Å². The SMILES string of the molecule is Oc1ccc(-c2ccccn2)nc1-c1ccc(S)cn1. The van der Waals surface area contributed by atoms with Gasteiger partial charge in [0.1, 0.15) is 11.4 Å². The van der Waals surface area contributed by atoms with Crippen LogP contribution in [0.1, 0.15) is 0 Å². The van der Waals surface area contributed by atoms with E-state index in [2.05, 4.69) is 27.6 Å². The monoisotopic (exact) mass is 281 g/mol. The summed E-state index contributed by atoms with van der Waals surface area (Å²) in [6.45, 7) is 0. The van der Waals surface area contributed by atoms with Gasteiger partial charge in [0.2, 0.25) is 0 Å². The Morgan fingerprint density at radius 3 is 2.40 bits per heavy atom. The molecule has 0 unspecified atom stereocenters. The molecule has 0 amide bonds.